The van der Waals surface area contributed by atoms with Crippen LogP contribution in [-0.4, -0.2) is 32.1 Å². The van der Waals surface area contributed by atoms with E-state index in [-0.39, 0.29) is 5.56 Å². The molecule has 0 aromatic carbocycles. The first-order valence-electron chi connectivity index (χ1n) is 8.09. The lowest BCUT2D eigenvalue weighted by Gasteiger charge is -2.14. The van der Waals surface area contributed by atoms with Gasteiger partial charge in [0.05, 0.1) is 0 Å². The monoisotopic (exact) mass is 330 g/mol. The lowest BCUT2D eigenvalue weighted by Crippen LogP contribution is -2.29. The molecule has 24 heavy (non-hydrogen) atoms. The van der Waals surface area contributed by atoms with E-state index in [1.807, 2.05) is 13.8 Å². The minimum atomic E-state index is -0.893. The number of H-pyrrole nitrogens is 1. The van der Waals surface area contributed by atoms with E-state index < -0.39 is 12.0 Å². The van der Waals surface area contributed by atoms with E-state index in [4.69, 9.17) is 0 Å². The Balaban J connectivity index is 2.16. The lowest BCUT2D eigenvalue weighted by molar-refractivity contribution is -0.138. The summed E-state index contributed by atoms with van der Waals surface area (Å²) in [4.78, 5) is 34.2. The maximum Gasteiger partial charge on any atom is 0.326 e. The third-order valence-electron chi connectivity index (χ3n) is 3.66. The first-order chi connectivity index (χ1) is 11.5. The number of nitrogens with one attached hydrogen (secondary N) is 2. The number of carbonyl (C=O) groups is 1. The number of carboxylic acids is 1. The van der Waals surface area contributed by atoms with E-state index >= 15 is 0 Å². The number of rotatable bonds is 8. The molecule has 7 nitrogen and oxygen atoms in total. The summed E-state index contributed by atoms with van der Waals surface area (Å²) in [6, 6.07) is 4.25. The Bertz CT molecular complexity index is 740. The Morgan fingerprint density at radius 1 is 1.38 bits per heavy atom. The number of aliphatic carboxylic acids is 1. The van der Waals surface area contributed by atoms with Gasteiger partial charge in [0.1, 0.15) is 17.7 Å². The molecule has 2 rings (SSSR count). The predicted octanol–water partition coefficient (Wildman–Crippen LogP) is 2.45. The average molecular weight is 330 g/mol. The topological polar surface area (TPSA) is 108 Å². The summed E-state index contributed by atoms with van der Waals surface area (Å²) in [5, 5.41) is 12.2. The fourth-order valence-corrected chi connectivity index (χ4v) is 2.29. The SMILES string of the molecule is CCCCC(Nc1ccc(-c2nc(CC)cc(=O)[nH]2)cn1)C(=O)O. The molecule has 2 aromatic rings. The van der Waals surface area contributed by atoms with Gasteiger partial charge < -0.3 is 15.4 Å². The summed E-state index contributed by atoms with van der Waals surface area (Å²) in [6.07, 6.45) is 4.55. The molecule has 2 heterocycles. The molecule has 3 N–H and O–H groups in total. The molecule has 1 unspecified atom stereocenters. The Labute approximate surface area is 140 Å². The molecule has 128 valence electrons. The van der Waals surface area contributed by atoms with E-state index in [0.29, 0.717) is 35.7 Å². The van der Waals surface area contributed by atoms with Gasteiger partial charge in [0.25, 0.3) is 5.56 Å². The normalized spacial score (nSPS) is 11.9. The Morgan fingerprint density at radius 3 is 2.75 bits per heavy atom. The maximum atomic E-state index is 11.6. The van der Waals surface area contributed by atoms with Gasteiger partial charge in [-0.1, -0.05) is 26.7 Å². The lowest BCUT2D eigenvalue weighted by atomic mass is 10.1. The van der Waals surface area contributed by atoms with Crippen LogP contribution < -0.4 is 10.9 Å². The number of hydrogen-bond acceptors (Lipinski definition) is 5. The highest BCUT2D eigenvalue weighted by Gasteiger charge is 2.16. The summed E-state index contributed by atoms with van der Waals surface area (Å²) in [5.41, 5.74) is 1.18. The van der Waals surface area contributed by atoms with Crippen molar-refractivity contribution in [3.05, 3.63) is 40.4 Å². The second kappa shape index (κ2) is 8.24. The quantitative estimate of drug-likeness (QED) is 0.686. The van der Waals surface area contributed by atoms with Gasteiger partial charge in [-0.15, -0.1) is 0 Å². The first kappa shape index (κ1) is 17.7. The number of hydrogen-bond donors (Lipinski definition) is 3. The smallest absolute Gasteiger partial charge is 0.326 e. The van der Waals surface area contributed by atoms with Gasteiger partial charge in [0, 0.05) is 23.5 Å². The molecule has 0 aliphatic heterocycles. The van der Waals surface area contributed by atoms with Crippen LogP contribution in [0.25, 0.3) is 11.4 Å². The van der Waals surface area contributed by atoms with Crippen molar-refractivity contribution in [2.24, 2.45) is 0 Å². The van der Waals surface area contributed by atoms with Gasteiger partial charge in [0.2, 0.25) is 0 Å². The third kappa shape index (κ3) is 4.65. The van der Waals surface area contributed by atoms with Crippen molar-refractivity contribution in [2.75, 3.05) is 5.32 Å². The third-order valence-corrected chi connectivity index (χ3v) is 3.66. The standard InChI is InChI=1S/C17H22N4O3/c1-3-5-6-13(17(23)24)20-14-8-7-11(10-18-14)16-19-12(4-2)9-15(22)21-16/h7-10,13H,3-6H2,1-2H3,(H,18,20)(H,23,24)(H,19,21,22). The molecule has 2 aromatic heterocycles. The summed E-state index contributed by atoms with van der Waals surface area (Å²) < 4.78 is 0. The van der Waals surface area contributed by atoms with Crippen molar-refractivity contribution in [3.8, 4) is 11.4 Å². The van der Waals surface area contributed by atoms with Crippen molar-refractivity contribution in [3.63, 3.8) is 0 Å². The number of carboxylic acid groups (broad SMARTS) is 1. The second-order valence-corrected chi connectivity index (χ2v) is 5.55. The van der Waals surface area contributed by atoms with Crippen molar-refractivity contribution < 1.29 is 9.90 Å². The van der Waals surface area contributed by atoms with Crippen LogP contribution >= 0.6 is 0 Å². The number of aromatic nitrogens is 3. The number of nitrogens with zero attached hydrogens (tertiary/aromatic N) is 2. The highest BCUT2D eigenvalue weighted by molar-refractivity contribution is 5.76. The molecule has 0 bridgehead atoms. The molecule has 0 saturated heterocycles. The summed E-state index contributed by atoms with van der Waals surface area (Å²) in [6.45, 7) is 3.95. The number of unbranched alkanes of at least 4 members (excludes halogenated alkanes) is 1. The number of pyridine rings is 1. The van der Waals surface area contributed by atoms with Gasteiger partial charge in [-0.25, -0.2) is 14.8 Å². The maximum absolute atomic E-state index is 11.6. The number of aryl methyl sites for hydroxylation is 1. The highest BCUT2D eigenvalue weighted by atomic mass is 16.4. The van der Waals surface area contributed by atoms with Crippen LogP contribution in [0.1, 0.15) is 38.8 Å². The van der Waals surface area contributed by atoms with Crippen molar-refractivity contribution in [1.82, 2.24) is 15.0 Å². The number of aromatic amines is 1. The van der Waals surface area contributed by atoms with Crippen LogP contribution in [0.5, 0.6) is 0 Å². The van der Waals surface area contributed by atoms with Crippen LogP contribution in [0, 0.1) is 0 Å². The molecule has 0 spiro atoms. The van der Waals surface area contributed by atoms with Crippen molar-refractivity contribution in [1.29, 1.82) is 0 Å². The van der Waals surface area contributed by atoms with Crippen LogP contribution in [0.2, 0.25) is 0 Å². The Morgan fingerprint density at radius 2 is 2.17 bits per heavy atom. The van der Waals surface area contributed by atoms with Crippen LogP contribution in [0.3, 0.4) is 0 Å². The molecule has 1 atom stereocenters. The van der Waals surface area contributed by atoms with E-state index in [2.05, 4.69) is 20.3 Å². The van der Waals surface area contributed by atoms with Crippen LogP contribution in [-0.2, 0) is 11.2 Å². The highest BCUT2D eigenvalue weighted by Crippen LogP contribution is 2.16. The summed E-state index contributed by atoms with van der Waals surface area (Å²) in [5.74, 6) is 0.0476. The van der Waals surface area contributed by atoms with E-state index in [0.717, 1.165) is 12.8 Å². The summed E-state index contributed by atoms with van der Waals surface area (Å²) >= 11 is 0. The minimum absolute atomic E-state index is 0.204. The molecule has 0 aliphatic carbocycles. The Hall–Kier alpha value is -2.70. The molecular formula is C17H22N4O3. The van der Waals surface area contributed by atoms with E-state index in [1.165, 1.54) is 6.07 Å². The molecule has 0 saturated carbocycles. The molecule has 0 aliphatic rings. The zero-order chi connectivity index (χ0) is 17.5. The fourth-order valence-electron chi connectivity index (χ4n) is 2.29. The van der Waals surface area contributed by atoms with Crippen LogP contribution in [0.15, 0.2) is 29.2 Å². The van der Waals surface area contributed by atoms with E-state index in [9.17, 15) is 14.7 Å². The van der Waals surface area contributed by atoms with E-state index in [1.54, 1.807) is 18.3 Å². The fraction of sp³-hybridized carbons (Fsp3) is 0.412. The van der Waals surface area contributed by atoms with Crippen molar-refractivity contribution in [2.45, 2.75) is 45.6 Å². The van der Waals surface area contributed by atoms with Gasteiger partial charge >= 0.3 is 5.97 Å². The molecule has 0 fully saturated rings. The van der Waals surface area contributed by atoms with Crippen molar-refractivity contribution >= 4 is 11.8 Å². The van der Waals surface area contributed by atoms with Gasteiger partial charge in [-0.2, -0.15) is 0 Å². The average Bonchev–Trinajstić information content (AvgIpc) is 2.58. The minimum Gasteiger partial charge on any atom is -0.480 e. The molecule has 0 amide bonds. The zero-order valence-electron chi connectivity index (χ0n) is 13.9. The molecular weight excluding hydrogens is 308 g/mol. The van der Waals surface area contributed by atoms with Gasteiger partial charge in [-0.3, -0.25) is 4.79 Å². The van der Waals surface area contributed by atoms with Gasteiger partial charge in [0.15, 0.2) is 0 Å². The second-order valence-electron chi connectivity index (χ2n) is 5.55. The number of anilines is 1. The molecule has 7 heteroatoms. The predicted molar refractivity (Wildman–Crippen MR) is 92.0 cm³/mol. The first-order valence-corrected chi connectivity index (χ1v) is 8.09. The van der Waals surface area contributed by atoms with Gasteiger partial charge in [-0.05, 0) is 25.0 Å². The molecule has 0 radical (unpaired) electrons. The Kier molecular flexibility index (Phi) is 6.06. The largest absolute Gasteiger partial charge is 0.480 e. The summed E-state index contributed by atoms with van der Waals surface area (Å²) in [7, 11) is 0. The zero-order valence-corrected chi connectivity index (χ0v) is 13.9. The van der Waals surface area contributed by atoms with Crippen LogP contribution in [0.4, 0.5) is 5.82 Å².